The van der Waals surface area contributed by atoms with Crippen LogP contribution in [0.25, 0.3) is 0 Å². The second kappa shape index (κ2) is 5.07. The topological polar surface area (TPSA) is 74.7 Å². The van der Waals surface area contributed by atoms with Crippen molar-refractivity contribution in [2.45, 2.75) is 11.3 Å². The molecule has 104 valence electrons. The van der Waals surface area contributed by atoms with Gasteiger partial charge in [-0.05, 0) is 24.6 Å². The molecule has 0 spiro atoms. The summed E-state index contributed by atoms with van der Waals surface area (Å²) >= 11 is 5.73. The van der Waals surface area contributed by atoms with E-state index in [2.05, 4.69) is 0 Å². The highest BCUT2D eigenvalue weighted by molar-refractivity contribution is 7.89. The number of benzene rings is 1. The predicted molar refractivity (Wildman–Crippen MR) is 65.9 cm³/mol. The molecular weight excluding hydrogens is 297 g/mol. The monoisotopic (exact) mass is 307 g/mol. The number of nitrogens with zero attached hydrogens (tertiary/aromatic N) is 1. The summed E-state index contributed by atoms with van der Waals surface area (Å²) in [5.74, 6) is -2.37. The minimum atomic E-state index is -3.88. The quantitative estimate of drug-likeness (QED) is 0.920. The lowest BCUT2D eigenvalue weighted by Gasteiger charge is -2.16. The summed E-state index contributed by atoms with van der Waals surface area (Å²) in [6.07, 6.45) is 0.257. The molecule has 1 atom stereocenters. The Hall–Kier alpha value is -1.18. The number of carboxylic acids is 1. The molecule has 1 saturated heterocycles. The van der Waals surface area contributed by atoms with Crippen LogP contribution in [0.1, 0.15) is 6.42 Å². The van der Waals surface area contributed by atoms with Crippen LogP contribution in [0, 0.1) is 11.7 Å². The first-order valence-electron chi connectivity index (χ1n) is 5.50. The number of sulfonamides is 1. The minimum Gasteiger partial charge on any atom is -0.481 e. The van der Waals surface area contributed by atoms with Gasteiger partial charge in [0.15, 0.2) is 0 Å². The summed E-state index contributed by atoms with van der Waals surface area (Å²) in [7, 11) is -3.88. The first-order chi connectivity index (χ1) is 8.82. The summed E-state index contributed by atoms with van der Waals surface area (Å²) in [4.78, 5) is 10.6. The highest BCUT2D eigenvalue weighted by Gasteiger charge is 2.36. The average Bonchev–Trinajstić information content (AvgIpc) is 2.78. The van der Waals surface area contributed by atoms with Gasteiger partial charge in [0, 0.05) is 13.1 Å². The summed E-state index contributed by atoms with van der Waals surface area (Å²) in [5, 5.41) is 8.65. The maximum Gasteiger partial charge on any atom is 0.307 e. The van der Waals surface area contributed by atoms with Crippen molar-refractivity contribution in [1.29, 1.82) is 0 Å². The largest absolute Gasteiger partial charge is 0.481 e. The Morgan fingerprint density at radius 3 is 2.68 bits per heavy atom. The third-order valence-corrected chi connectivity index (χ3v) is 5.36. The first-order valence-corrected chi connectivity index (χ1v) is 7.32. The van der Waals surface area contributed by atoms with E-state index in [9.17, 15) is 17.6 Å². The molecule has 19 heavy (non-hydrogen) atoms. The number of rotatable bonds is 3. The molecule has 1 aliphatic rings. The molecule has 0 bridgehead atoms. The molecule has 1 heterocycles. The van der Waals surface area contributed by atoms with Gasteiger partial charge in [0.2, 0.25) is 10.0 Å². The Morgan fingerprint density at radius 2 is 2.16 bits per heavy atom. The predicted octanol–water partition coefficient (Wildman–Crippen LogP) is 1.57. The van der Waals surface area contributed by atoms with Gasteiger partial charge in [-0.1, -0.05) is 11.6 Å². The van der Waals surface area contributed by atoms with Crippen molar-refractivity contribution >= 4 is 27.6 Å². The Morgan fingerprint density at radius 1 is 1.47 bits per heavy atom. The van der Waals surface area contributed by atoms with E-state index < -0.39 is 27.7 Å². The first kappa shape index (κ1) is 14.2. The Bertz CT molecular complexity index is 619. The van der Waals surface area contributed by atoms with Crippen LogP contribution in [0.3, 0.4) is 0 Å². The van der Waals surface area contributed by atoms with Crippen LogP contribution in [0.4, 0.5) is 4.39 Å². The molecular formula is C11H11ClFNO4S. The van der Waals surface area contributed by atoms with E-state index >= 15 is 0 Å². The van der Waals surface area contributed by atoms with E-state index in [0.29, 0.717) is 0 Å². The normalized spacial score (nSPS) is 20.6. The molecule has 1 N–H and O–H groups in total. The number of carbonyl (C=O) groups is 1. The van der Waals surface area contributed by atoms with Crippen molar-refractivity contribution in [2.24, 2.45) is 5.92 Å². The molecule has 0 aliphatic carbocycles. The highest BCUT2D eigenvalue weighted by Crippen LogP contribution is 2.29. The van der Waals surface area contributed by atoms with Gasteiger partial charge in [0.05, 0.1) is 10.9 Å². The fourth-order valence-corrected chi connectivity index (χ4v) is 3.98. The van der Waals surface area contributed by atoms with Crippen LogP contribution >= 0.6 is 11.6 Å². The molecule has 1 unspecified atom stereocenters. The minimum absolute atomic E-state index is 0.0919. The van der Waals surface area contributed by atoms with E-state index in [0.717, 1.165) is 22.5 Å². The Kier molecular flexibility index (Phi) is 3.80. The van der Waals surface area contributed by atoms with E-state index in [1.54, 1.807) is 0 Å². The van der Waals surface area contributed by atoms with E-state index in [4.69, 9.17) is 16.7 Å². The van der Waals surface area contributed by atoms with E-state index in [1.807, 2.05) is 0 Å². The molecule has 0 saturated carbocycles. The third kappa shape index (κ3) is 2.72. The maximum atomic E-state index is 12.9. The number of halogens is 2. The van der Waals surface area contributed by atoms with Crippen LogP contribution < -0.4 is 0 Å². The van der Waals surface area contributed by atoms with Gasteiger partial charge < -0.3 is 5.11 Å². The molecule has 5 nitrogen and oxygen atoms in total. The van der Waals surface area contributed by atoms with Gasteiger partial charge in [0.1, 0.15) is 10.7 Å². The standard InChI is InChI=1S/C11H11ClFNO4S/c12-9-5-8(13)1-2-10(9)19(17,18)14-4-3-7(6-14)11(15)16/h1-2,5,7H,3-4,6H2,(H,15,16). The number of carboxylic acid groups (broad SMARTS) is 1. The van der Waals surface area contributed by atoms with Crippen molar-refractivity contribution in [3.63, 3.8) is 0 Å². The summed E-state index contributed by atoms with van der Waals surface area (Å²) in [6, 6.07) is 3.00. The molecule has 8 heteroatoms. The lowest BCUT2D eigenvalue weighted by atomic mass is 10.1. The van der Waals surface area contributed by atoms with E-state index in [1.165, 1.54) is 0 Å². The van der Waals surface area contributed by atoms with Crippen LogP contribution in [0.2, 0.25) is 5.02 Å². The van der Waals surface area contributed by atoms with Crippen LogP contribution in [-0.4, -0.2) is 36.9 Å². The summed E-state index contributed by atoms with van der Waals surface area (Å²) in [5.41, 5.74) is 0. The second-order valence-corrected chi connectivity index (χ2v) is 6.58. The fourth-order valence-electron chi connectivity index (χ4n) is 1.97. The zero-order valence-electron chi connectivity index (χ0n) is 9.71. The fraction of sp³-hybridized carbons (Fsp3) is 0.364. The van der Waals surface area contributed by atoms with Gasteiger partial charge >= 0.3 is 5.97 Å². The number of aliphatic carboxylic acids is 1. The lowest BCUT2D eigenvalue weighted by Crippen LogP contribution is -2.30. The molecule has 0 amide bonds. The van der Waals surface area contributed by atoms with Crippen LogP contribution in [-0.2, 0) is 14.8 Å². The zero-order valence-corrected chi connectivity index (χ0v) is 11.3. The molecule has 0 aromatic heterocycles. The Balaban J connectivity index is 2.31. The molecule has 1 aromatic carbocycles. The SMILES string of the molecule is O=C(O)C1CCN(S(=O)(=O)c2ccc(F)cc2Cl)C1. The number of hydrogen-bond donors (Lipinski definition) is 1. The number of hydrogen-bond acceptors (Lipinski definition) is 3. The van der Waals surface area contributed by atoms with Crippen molar-refractivity contribution in [1.82, 2.24) is 4.31 Å². The Labute approximate surface area is 114 Å². The second-order valence-electron chi connectivity index (χ2n) is 4.26. The molecule has 0 radical (unpaired) electrons. The molecule has 2 rings (SSSR count). The van der Waals surface area contributed by atoms with Crippen LogP contribution in [0.15, 0.2) is 23.1 Å². The summed E-state index contributed by atoms with van der Waals surface area (Å²) in [6.45, 7) is 0.0262. The van der Waals surface area contributed by atoms with Crippen molar-refractivity contribution in [3.8, 4) is 0 Å². The highest BCUT2D eigenvalue weighted by atomic mass is 35.5. The van der Waals surface area contributed by atoms with E-state index in [-0.39, 0.29) is 29.4 Å². The van der Waals surface area contributed by atoms with Crippen LogP contribution in [0.5, 0.6) is 0 Å². The van der Waals surface area contributed by atoms with Crippen molar-refractivity contribution in [3.05, 3.63) is 29.0 Å². The van der Waals surface area contributed by atoms with Gasteiger partial charge in [-0.3, -0.25) is 4.79 Å². The average molecular weight is 308 g/mol. The molecule has 1 aliphatic heterocycles. The van der Waals surface area contributed by atoms with Crippen molar-refractivity contribution < 1.29 is 22.7 Å². The van der Waals surface area contributed by atoms with Gasteiger partial charge in [-0.2, -0.15) is 4.31 Å². The van der Waals surface area contributed by atoms with Crippen molar-refractivity contribution in [2.75, 3.05) is 13.1 Å². The molecule has 1 aromatic rings. The van der Waals surface area contributed by atoms with Gasteiger partial charge in [-0.15, -0.1) is 0 Å². The molecule has 1 fully saturated rings. The maximum absolute atomic E-state index is 12.9. The zero-order chi connectivity index (χ0) is 14.2. The van der Waals surface area contributed by atoms with Gasteiger partial charge in [0.25, 0.3) is 0 Å². The smallest absolute Gasteiger partial charge is 0.307 e. The summed E-state index contributed by atoms with van der Waals surface area (Å²) < 4.78 is 38.5. The van der Waals surface area contributed by atoms with Gasteiger partial charge in [-0.25, -0.2) is 12.8 Å². The lowest BCUT2D eigenvalue weighted by molar-refractivity contribution is -0.141. The third-order valence-electron chi connectivity index (χ3n) is 3.01.